The maximum Gasteiger partial charge on any atom is 0.274 e. The van der Waals surface area contributed by atoms with E-state index in [4.69, 9.17) is 0 Å². The second-order valence-electron chi connectivity index (χ2n) is 8.01. The zero-order valence-electron chi connectivity index (χ0n) is 17.1. The van der Waals surface area contributed by atoms with E-state index in [9.17, 15) is 9.59 Å². The number of aryl methyl sites for hydroxylation is 1. The van der Waals surface area contributed by atoms with Gasteiger partial charge < -0.3 is 10.6 Å². The van der Waals surface area contributed by atoms with Gasteiger partial charge >= 0.3 is 0 Å². The maximum absolute atomic E-state index is 12.6. The summed E-state index contributed by atoms with van der Waals surface area (Å²) in [5.41, 5.74) is 4.06. The van der Waals surface area contributed by atoms with Gasteiger partial charge in [-0.15, -0.1) is 0 Å². The van der Waals surface area contributed by atoms with Crippen molar-refractivity contribution in [3.05, 3.63) is 89.2 Å². The molecule has 0 unspecified atom stereocenters. The second-order valence-corrected chi connectivity index (χ2v) is 8.01. The van der Waals surface area contributed by atoms with Crippen LogP contribution in [0.4, 0.5) is 11.4 Å². The topological polar surface area (TPSA) is 71.1 Å². The molecule has 0 aliphatic carbocycles. The molecule has 0 aliphatic rings. The molecule has 2 aromatic carbocycles. The molecule has 1 aromatic heterocycles. The predicted octanol–water partition coefficient (Wildman–Crippen LogP) is 5.19. The first-order valence-corrected chi connectivity index (χ1v) is 9.49. The Morgan fingerprint density at radius 3 is 1.62 bits per heavy atom. The maximum atomic E-state index is 12.6. The molecule has 3 aromatic rings. The molecule has 5 heteroatoms. The van der Waals surface area contributed by atoms with Gasteiger partial charge in [-0.25, -0.2) is 4.98 Å². The van der Waals surface area contributed by atoms with Crippen LogP contribution in [0.3, 0.4) is 0 Å². The molecule has 0 saturated heterocycles. The Morgan fingerprint density at radius 2 is 1.17 bits per heavy atom. The number of hydrogen-bond acceptors (Lipinski definition) is 3. The molecule has 0 bridgehead atoms. The van der Waals surface area contributed by atoms with Crippen LogP contribution < -0.4 is 10.6 Å². The van der Waals surface area contributed by atoms with Gasteiger partial charge in [-0.3, -0.25) is 9.59 Å². The van der Waals surface area contributed by atoms with Gasteiger partial charge in [-0.2, -0.15) is 0 Å². The number of rotatable bonds is 4. The third-order valence-electron chi connectivity index (χ3n) is 4.53. The minimum absolute atomic E-state index is 0.0449. The molecule has 3 rings (SSSR count). The molecule has 0 saturated carbocycles. The fourth-order valence-corrected chi connectivity index (χ4v) is 2.77. The number of aromatic nitrogens is 1. The van der Waals surface area contributed by atoms with Crippen LogP contribution in [0.2, 0.25) is 0 Å². The number of carbonyl (C=O) groups is 2. The number of pyridine rings is 1. The van der Waals surface area contributed by atoms with Crippen molar-refractivity contribution in [1.29, 1.82) is 0 Å². The van der Waals surface area contributed by atoms with Crippen molar-refractivity contribution in [3.8, 4) is 0 Å². The van der Waals surface area contributed by atoms with E-state index >= 15 is 0 Å². The van der Waals surface area contributed by atoms with E-state index in [1.165, 1.54) is 5.56 Å². The van der Waals surface area contributed by atoms with Crippen molar-refractivity contribution in [2.75, 3.05) is 10.6 Å². The molecule has 148 valence electrons. The summed E-state index contributed by atoms with van der Waals surface area (Å²) in [5.74, 6) is -0.725. The van der Waals surface area contributed by atoms with Crippen molar-refractivity contribution < 1.29 is 9.59 Å². The summed E-state index contributed by atoms with van der Waals surface area (Å²) < 4.78 is 0. The number of anilines is 2. The van der Waals surface area contributed by atoms with Gasteiger partial charge in [0.25, 0.3) is 11.8 Å². The van der Waals surface area contributed by atoms with E-state index < -0.39 is 0 Å². The van der Waals surface area contributed by atoms with Gasteiger partial charge in [0.1, 0.15) is 11.4 Å². The SMILES string of the molecule is Cc1ccc(NC(=O)c2cccc(C(=O)Nc3ccc(C(C)(C)C)cc3)n2)cc1. The Kier molecular flexibility index (Phi) is 5.78. The lowest BCUT2D eigenvalue weighted by Crippen LogP contribution is -2.18. The monoisotopic (exact) mass is 387 g/mol. The smallest absolute Gasteiger partial charge is 0.274 e. The minimum Gasteiger partial charge on any atom is -0.321 e. The zero-order valence-corrected chi connectivity index (χ0v) is 17.1. The fourth-order valence-electron chi connectivity index (χ4n) is 2.77. The van der Waals surface area contributed by atoms with Crippen molar-refractivity contribution in [1.82, 2.24) is 4.98 Å². The molecular weight excluding hydrogens is 362 g/mol. The Morgan fingerprint density at radius 1 is 0.724 bits per heavy atom. The highest BCUT2D eigenvalue weighted by atomic mass is 16.2. The van der Waals surface area contributed by atoms with Crippen molar-refractivity contribution in [2.45, 2.75) is 33.1 Å². The highest BCUT2D eigenvalue weighted by Crippen LogP contribution is 2.23. The van der Waals surface area contributed by atoms with E-state index in [2.05, 4.69) is 36.4 Å². The average Bonchev–Trinajstić information content (AvgIpc) is 2.69. The molecule has 1 heterocycles. The van der Waals surface area contributed by atoms with Gasteiger partial charge in [0.15, 0.2) is 0 Å². The van der Waals surface area contributed by atoms with Crippen LogP contribution in [-0.4, -0.2) is 16.8 Å². The van der Waals surface area contributed by atoms with Crippen molar-refractivity contribution in [3.63, 3.8) is 0 Å². The van der Waals surface area contributed by atoms with Crippen LogP contribution in [-0.2, 0) is 5.41 Å². The number of amides is 2. The fraction of sp³-hybridized carbons (Fsp3) is 0.208. The first-order chi connectivity index (χ1) is 13.7. The largest absolute Gasteiger partial charge is 0.321 e. The molecule has 0 atom stereocenters. The first-order valence-electron chi connectivity index (χ1n) is 9.49. The Bertz CT molecular complexity index is 1020. The summed E-state index contributed by atoms with van der Waals surface area (Å²) in [6, 6.07) is 20.0. The molecule has 0 radical (unpaired) electrons. The highest BCUT2D eigenvalue weighted by Gasteiger charge is 2.15. The summed E-state index contributed by atoms with van der Waals surface area (Å²) in [4.78, 5) is 29.2. The van der Waals surface area contributed by atoms with Gasteiger partial charge in [0.05, 0.1) is 0 Å². The third kappa shape index (κ3) is 5.29. The van der Waals surface area contributed by atoms with Crippen LogP contribution in [0.5, 0.6) is 0 Å². The van der Waals surface area contributed by atoms with E-state index in [-0.39, 0.29) is 28.6 Å². The Hall–Kier alpha value is -3.47. The summed E-state index contributed by atoms with van der Waals surface area (Å²) in [6.07, 6.45) is 0. The number of nitrogens with one attached hydrogen (secondary N) is 2. The summed E-state index contributed by atoms with van der Waals surface area (Å²) in [6.45, 7) is 8.39. The van der Waals surface area contributed by atoms with E-state index in [1.54, 1.807) is 18.2 Å². The molecule has 0 spiro atoms. The highest BCUT2D eigenvalue weighted by molar-refractivity contribution is 6.06. The van der Waals surface area contributed by atoms with Gasteiger partial charge in [-0.05, 0) is 54.3 Å². The normalized spacial score (nSPS) is 11.0. The van der Waals surface area contributed by atoms with Gasteiger partial charge in [0, 0.05) is 11.4 Å². The molecule has 2 amide bonds. The number of hydrogen-bond donors (Lipinski definition) is 2. The molecule has 5 nitrogen and oxygen atoms in total. The standard InChI is InChI=1S/C24H25N3O2/c1-16-8-12-18(13-9-16)25-22(28)20-6-5-7-21(27-20)23(29)26-19-14-10-17(11-15-19)24(2,3)4/h5-15H,1-4H3,(H,25,28)(H,26,29). The van der Waals surface area contributed by atoms with Gasteiger partial charge in [0.2, 0.25) is 0 Å². The lowest BCUT2D eigenvalue weighted by atomic mass is 9.87. The van der Waals surface area contributed by atoms with E-state index in [0.29, 0.717) is 11.4 Å². The number of carbonyl (C=O) groups excluding carboxylic acids is 2. The minimum atomic E-state index is -0.363. The molecule has 2 N–H and O–H groups in total. The van der Waals surface area contributed by atoms with Crippen LogP contribution >= 0.6 is 0 Å². The van der Waals surface area contributed by atoms with Crippen LogP contribution in [0.15, 0.2) is 66.7 Å². The molecule has 29 heavy (non-hydrogen) atoms. The second kappa shape index (κ2) is 8.27. The molecule has 0 fully saturated rings. The third-order valence-corrected chi connectivity index (χ3v) is 4.53. The van der Waals surface area contributed by atoms with Crippen LogP contribution in [0.25, 0.3) is 0 Å². The summed E-state index contributed by atoms with van der Waals surface area (Å²) >= 11 is 0. The van der Waals surface area contributed by atoms with Crippen LogP contribution in [0.1, 0.15) is 52.9 Å². The molecule has 0 aliphatic heterocycles. The van der Waals surface area contributed by atoms with Crippen molar-refractivity contribution >= 4 is 23.2 Å². The number of benzene rings is 2. The quantitative estimate of drug-likeness (QED) is 0.647. The first kappa shape index (κ1) is 20.3. The summed E-state index contributed by atoms with van der Waals surface area (Å²) in [5, 5.41) is 5.61. The zero-order chi connectivity index (χ0) is 21.0. The summed E-state index contributed by atoms with van der Waals surface area (Å²) in [7, 11) is 0. The van der Waals surface area contributed by atoms with E-state index in [1.807, 2.05) is 55.5 Å². The Labute approximate surface area is 171 Å². The van der Waals surface area contributed by atoms with Crippen molar-refractivity contribution in [2.24, 2.45) is 0 Å². The molecular formula is C24H25N3O2. The Balaban J connectivity index is 1.70. The van der Waals surface area contributed by atoms with Gasteiger partial charge in [-0.1, -0.05) is 56.7 Å². The van der Waals surface area contributed by atoms with Crippen LogP contribution in [0, 0.1) is 6.92 Å². The average molecular weight is 387 g/mol. The van der Waals surface area contributed by atoms with E-state index in [0.717, 1.165) is 5.56 Å². The predicted molar refractivity (Wildman–Crippen MR) is 116 cm³/mol. The lowest BCUT2D eigenvalue weighted by molar-refractivity contribution is 0.101. The number of nitrogens with zero attached hydrogens (tertiary/aromatic N) is 1. The lowest BCUT2D eigenvalue weighted by Gasteiger charge is -2.19.